The molecule has 0 N–H and O–H groups in total. The van der Waals surface area contributed by atoms with Gasteiger partial charge in [-0.15, -0.1) is 11.8 Å². The van der Waals surface area contributed by atoms with E-state index in [0.29, 0.717) is 130 Å². The summed E-state index contributed by atoms with van der Waals surface area (Å²) in [5.41, 5.74) is 51.9. The van der Waals surface area contributed by atoms with Crippen LogP contribution in [0.3, 0.4) is 0 Å². The van der Waals surface area contributed by atoms with Gasteiger partial charge in [0.1, 0.15) is 0 Å². The van der Waals surface area contributed by atoms with E-state index in [1.165, 1.54) is 0 Å². The number of thioether (sulfide) groups is 1. The number of hydrogen-bond acceptors (Lipinski definition) is 1. The van der Waals surface area contributed by atoms with E-state index < -0.39 is 0 Å². The van der Waals surface area contributed by atoms with E-state index in [1.807, 2.05) is 208 Å². The molecule has 22 aliphatic carbocycles. The van der Waals surface area contributed by atoms with Crippen LogP contribution in [0.1, 0.15) is 300 Å². The summed E-state index contributed by atoms with van der Waals surface area (Å²) in [6.07, 6.45) is 0. The number of benzene rings is 10. The molecule has 11 aromatic rings. The lowest BCUT2D eigenvalue weighted by molar-refractivity contribution is 0.0341. The van der Waals surface area contributed by atoms with E-state index in [-0.39, 0.29) is 15.6 Å². The zero-order valence-corrected chi connectivity index (χ0v) is 44.5. The van der Waals surface area contributed by atoms with Crippen molar-refractivity contribution in [1.29, 1.82) is 0 Å². The molecule has 2 spiro atoms. The van der Waals surface area contributed by atoms with Crippen LogP contribution in [0, 0.1) is 11.8 Å². The van der Waals surface area contributed by atoms with Gasteiger partial charge in [-0.25, -0.2) is 0 Å². The summed E-state index contributed by atoms with van der Waals surface area (Å²) in [6.45, 7) is 18.3. The molecule has 354 valence electrons. The summed E-state index contributed by atoms with van der Waals surface area (Å²) in [5.74, 6) is 14.0. The minimum absolute atomic E-state index is 0.00668. The molecule has 0 amide bonds. The van der Waals surface area contributed by atoms with Crippen molar-refractivity contribution in [1.82, 2.24) is 0 Å². The zero-order valence-electron chi connectivity index (χ0n) is 43.7. The fourth-order valence-electron chi connectivity index (χ4n) is 33.8. The standard InChI is InChI=1S/C76H44S/c1-9(2)11-8-12-73(72(74(5,6)7)13(11)10(3)4)77-76-70-64-58-48-36-28-20-16-14-15-18-22(20)30(36)40-34-26(18)27-19(15)23-21-17(14)25-24(16)32-38(28)46-52-42(32)43-33(25)39-29(21)37-31(23)41-35(27)45-44(34)56(50(40)58)66(70)67-57(45)51(41)59-49(37)55-47(39)53(43)61-60(52)68(62(64)54(46)48)75(12,76)69(61)63(55)65(59)71(67)76/h8-10,16,18,20,22,24,26,32,34,42-45,53,57,61,63,65,67,69,71H,1-7H3. The molecular weight excluding hydrogens is 945 g/mol. The molecule has 77 heavy (non-hydrogen) atoms. The average Bonchev–Trinajstić information content (AvgIpc) is 1.97. The van der Waals surface area contributed by atoms with Crippen molar-refractivity contribution in [3.05, 3.63) is 140 Å². The Morgan fingerprint density at radius 1 is 0.351 bits per heavy atom. The summed E-state index contributed by atoms with van der Waals surface area (Å²) in [6, 6.07) is 3.09. The van der Waals surface area contributed by atoms with Gasteiger partial charge in [-0.1, -0.05) is 54.5 Å². The van der Waals surface area contributed by atoms with Crippen molar-refractivity contribution in [2.24, 2.45) is 11.8 Å². The lowest BCUT2D eigenvalue weighted by Gasteiger charge is -2.65. The lowest BCUT2D eigenvalue weighted by Crippen LogP contribution is -2.62. The molecule has 11 aromatic carbocycles. The van der Waals surface area contributed by atoms with Crippen LogP contribution in [0.15, 0.2) is 11.0 Å². The van der Waals surface area contributed by atoms with E-state index in [1.54, 1.807) is 16.7 Å². The Morgan fingerprint density at radius 2 is 0.662 bits per heavy atom. The van der Waals surface area contributed by atoms with Crippen molar-refractivity contribution in [3.8, 4) is 11.1 Å². The van der Waals surface area contributed by atoms with Crippen LogP contribution < -0.4 is 0 Å². The van der Waals surface area contributed by atoms with Gasteiger partial charge in [-0.2, -0.15) is 0 Å². The number of fused-ring (bicyclic) bond motifs is 1. The SMILES string of the molecule is CC(C)c1cc2c(c(C(C)(C)C)c1C(C)C)SC13c4c5c6c7c8c9c%10c%11c%12c%13c%14c%15c(c%16c%13c%10c7c4-%16)C21C1C%15C2c4c7c%10c%13c%15c%16c%17c%18c%19c%20c%21c%22c%23c(c4c4c%22c%19c%16c%104)C2C%14C%12C%23C%21C%11C9C%20C%18C8C6C%17C%15C5C3C%13C71. The molecule has 1 saturated carbocycles. The van der Waals surface area contributed by atoms with Gasteiger partial charge in [0.15, 0.2) is 0 Å². The fraction of sp³-hybridized carbons (Fsp3) is 0.421. The molecule has 1 aliphatic heterocycles. The van der Waals surface area contributed by atoms with E-state index in [9.17, 15) is 0 Å². The van der Waals surface area contributed by atoms with E-state index in [2.05, 4.69) is 77.4 Å². The second kappa shape index (κ2) is 7.79. The Morgan fingerprint density at radius 3 is 1.06 bits per heavy atom. The van der Waals surface area contributed by atoms with Gasteiger partial charge in [0.2, 0.25) is 0 Å². The molecule has 1 heteroatoms. The summed E-state index contributed by atoms with van der Waals surface area (Å²) < 4.78 is 0.00668. The highest BCUT2D eigenvalue weighted by molar-refractivity contribution is 8.00. The first-order valence-corrected chi connectivity index (χ1v) is 32.6. The van der Waals surface area contributed by atoms with Gasteiger partial charge >= 0.3 is 0 Å². The van der Waals surface area contributed by atoms with Gasteiger partial charge in [-0.05, 0) is 366 Å². The second-order valence-corrected chi connectivity index (χ2v) is 35.1. The highest BCUT2D eigenvalue weighted by Crippen LogP contribution is 3.01. The topological polar surface area (TPSA) is 0 Å². The Hall–Kier alpha value is -5.37. The lowest BCUT2D eigenvalue weighted by atomic mass is 9.39. The first-order chi connectivity index (χ1) is 37.7. The largest absolute Gasteiger partial charge is 0.112 e. The average molecular weight is 989 g/mol. The first kappa shape index (κ1) is 33.3. The van der Waals surface area contributed by atoms with Crippen molar-refractivity contribution < 1.29 is 0 Å². The zero-order chi connectivity index (χ0) is 47.4. The van der Waals surface area contributed by atoms with Crippen LogP contribution in [-0.2, 0) is 15.6 Å². The van der Waals surface area contributed by atoms with Crippen LogP contribution in [0.2, 0.25) is 0 Å². The molecule has 0 bridgehead atoms. The quantitative estimate of drug-likeness (QED) is 0.156. The minimum atomic E-state index is -0.0281. The summed E-state index contributed by atoms with van der Waals surface area (Å²) in [5, 5.41) is 30.8. The number of rotatable bonds is 2. The normalized spacial score (nSPS) is 45.1. The monoisotopic (exact) mass is 988 g/mol. The molecule has 1 heterocycles. The van der Waals surface area contributed by atoms with Crippen molar-refractivity contribution in [2.75, 3.05) is 0 Å². The van der Waals surface area contributed by atoms with Crippen LogP contribution in [-0.4, -0.2) is 0 Å². The van der Waals surface area contributed by atoms with Crippen molar-refractivity contribution in [2.45, 2.75) is 187 Å². The van der Waals surface area contributed by atoms with Gasteiger partial charge < -0.3 is 0 Å². The highest BCUT2D eigenvalue weighted by atomic mass is 32.2. The smallest absolute Gasteiger partial charge is 0.0645 e. The van der Waals surface area contributed by atoms with Crippen LogP contribution in [0.25, 0.3) is 97.3 Å². The van der Waals surface area contributed by atoms with Crippen LogP contribution in [0.5, 0.6) is 0 Å². The molecule has 22 unspecified atom stereocenters. The Bertz CT molecular complexity index is 5760. The summed E-state index contributed by atoms with van der Waals surface area (Å²) in [7, 11) is 0. The van der Waals surface area contributed by atoms with Crippen molar-refractivity contribution >= 4 is 97.9 Å². The maximum Gasteiger partial charge on any atom is 0.0645 e. The predicted molar refractivity (Wildman–Crippen MR) is 303 cm³/mol. The van der Waals surface area contributed by atoms with Crippen molar-refractivity contribution in [3.63, 3.8) is 0 Å². The van der Waals surface area contributed by atoms with Gasteiger partial charge in [0, 0.05) is 10.3 Å². The first-order valence-electron chi connectivity index (χ1n) is 31.8. The Balaban J connectivity index is 0.975. The highest BCUT2D eigenvalue weighted by Gasteiger charge is 2.90. The molecule has 0 radical (unpaired) electrons. The third-order valence-corrected chi connectivity index (χ3v) is 34.3. The molecule has 22 atom stereocenters. The van der Waals surface area contributed by atoms with Gasteiger partial charge in [0.05, 0.1) is 4.75 Å². The maximum absolute atomic E-state index is 3.09. The second-order valence-electron chi connectivity index (χ2n) is 33.8. The number of hydrogen-bond donors (Lipinski definition) is 0. The Kier molecular flexibility index (Phi) is 3.37. The molecule has 34 rings (SSSR count). The third kappa shape index (κ3) is 1.95. The minimum Gasteiger partial charge on any atom is -0.112 e. The molecule has 0 nitrogen and oxygen atoms in total. The maximum atomic E-state index is 3.09. The van der Waals surface area contributed by atoms with E-state index in [4.69, 9.17) is 0 Å². The van der Waals surface area contributed by atoms with Gasteiger partial charge in [-0.3, -0.25) is 0 Å². The van der Waals surface area contributed by atoms with E-state index >= 15 is 0 Å². The third-order valence-electron chi connectivity index (χ3n) is 32.5. The predicted octanol–water partition coefficient (Wildman–Crippen LogP) is 18.0. The molecule has 1 fully saturated rings. The van der Waals surface area contributed by atoms with Gasteiger partial charge in [0.25, 0.3) is 0 Å². The molecule has 23 aliphatic rings. The fourth-order valence-corrected chi connectivity index (χ4v) is 36.2. The van der Waals surface area contributed by atoms with E-state index in [0.717, 1.165) is 0 Å². The molecular formula is C76H44S. The van der Waals surface area contributed by atoms with Crippen LogP contribution >= 0.6 is 11.8 Å². The summed E-state index contributed by atoms with van der Waals surface area (Å²) in [4.78, 5) is 1.83. The molecule has 0 aromatic heterocycles. The Labute approximate surface area is 445 Å². The summed E-state index contributed by atoms with van der Waals surface area (Å²) >= 11 is 2.66. The molecule has 0 saturated heterocycles. The van der Waals surface area contributed by atoms with Crippen LogP contribution in [0.4, 0.5) is 0 Å².